The number of rotatable bonds is 4. The number of ether oxygens (including phenoxy) is 2. The summed E-state index contributed by atoms with van der Waals surface area (Å²) in [6.07, 6.45) is 3.06. The van der Waals surface area contributed by atoms with Crippen molar-refractivity contribution in [1.29, 1.82) is 0 Å². The molecule has 0 saturated carbocycles. The third kappa shape index (κ3) is 6.01. The van der Waals surface area contributed by atoms with Crippen molar-refractivity contribution >= 4 is 11.9 Å². The van der Waals surface area contributed by atoms with Crippen LogP contribution in [0.2, 0.25) is 0 Å². The van der Waals surface area contributed by atoms with Crippen molar-refractivity contribution < 1.29 is 19.1 Å². The Bertz CT molecular complexity index is 307. The molecule has 0 rings (SSSR count). The fourth-order valence-electron chi connectivity index (χ4n) is 0.830. The first-order valence-corrected chi connectivity index (χ1v) is 5.08. The highest BCUT2D eigenvalue weighted by Crippen LogP contribution is 2.12. The minimum absolute atomic E-state index is 0.0951. The van der Waals surface area contributed by atoms with Crippen LogP contribution < -0.4 is 0 Å². The normalized spacial score (nSPS) is 11.9. The van der Waals surface area contributed by atoms with Crippen molar-refractivity contribution in [2.45, 2.75) is 39.7 Å². The highest BCUT2D eigenvalue weighted by molar-refractivity contribution is 5.92. The molecule has 16 heavy (non-hydrogen) atoms. The van der Waals surface area contributed by atoms with Gasteiger partial charge in [-0.3, -0.25) is 0 Å². The maximum atomic E-state index is 11.6. The lowest BCUT2D eigenvalue weighted by molar-refractivity contribution is -0.157. The summed E-state index contributed by atoms with van der Waals surface area (Å²) in [5.41, 5.74) is -0.621. The molecule has 4 nitrogen and oxygen atoms in total. The fraction of sp³-hybridized carbons (Fsp3) is 0.500. The first kappa shape index (κ1) is 14.4. The molecule has 0 aliphatic rings. The Morgan fingerprint density at radius 3 is 2.25 bits per heavy atom. The number of carbonyl (C=O) groups excluding carboxylic acids is 2. The van der Waals surface area contributed by atoms with E-state index in [9.17, 15) is 9.59 Å². The van der Waals surface area contributed by atoms with Crippen LogP contribution >= 0.6 is 0 Å². The Labute approximate surface area is 95.9 Å². The molecule has 4 heteroatoms. The highest BCUT2D eigenvalue weighted by Gasteiger charge is 2.21. The van der Waals surface area contributed by atoms with E-state index in [0.29, 0.717) is 6.42 Å². The molecule has 0 amide bonds. The molecule has 0 bridgehead atoms. The summed E-state index contributed by atoms with van der Waals surface area (Å²) >= 11 is 0. The molecule has 0 heterocycles. The van der Waals surface area contributed by atoms with Crippen LogP contribution in [0.5, 0.6) is 0 Å². The van der Waals surface area contributed by atoms with E-state index in [1.54, 1.807) is 20.8 Å². The second kappa shape index (κ2) is 6.10. The second-order valence-electron chi connectivity index (χ2n) is 4.10. The molecular weight excluding hydrogens is 208 g/mol. The maximum Gasteiger partial charge on any atom is 0.374 e. The summed E-state index contributed by atoms with van der Waals surface area (Å²) < 4.78 is 9.86. The van der Waals surface area contributed by atoms with Gasteiger partial charge < -0.3 is 9.47 Å². The van der Waals surface area contributed by atoms with E-state index in [0.717, 1.165) is 6.08 Å². The molecule has 0 unspecified atom stereocenters. The zero-order chi connectivity index (χ0) is 12.8. The van der Waals surface area contributed by atoms with Crippen LogP contribution in [0, 0.1) is 0 Å². The Morgan fingerprint density at radius 1 is 1.31 bits per heavy atom. The first-order valence-electron chi connectivity index (χ1n) is 5.08. The van der Waals surface area contributed by atoms with Gasteiger partial charge in [0.05, 0.1) is 0 Å². The maximum absolute atomic E-state index is 11.6. The number of allylic oxidation sites excluding steroid dienone is 1. The molecule has 0 saturated heterocycles. The average Bonchev–Trinajstić information content (AvgIpc) is 2.14. The zero-order valence-electron chi connectivity index (χ0n) is 10.2. The van der Waals surface area contributed by atoms with Gasteiger partial charge in [-0.25, -0.2) is 9.59 Å². The molecule has 0 aromatic heterocycles. The molecule has 0 spiro atoms. The zero-order valence-corrected chi connectivity index (χ0v) is 10.2. The molecule has 0 aliphatic carbocycles. The molecule has 0 aliphatic heterocycles. The van der Waals surface area contributed by atoms with Crippen LogP contribution in [0.15, 0.2) is 24.5 Å². The van der Waals surface area contributed by atoms with Crippen LogP contribution in [0.25, 0.3) is 0 Å². The van der Waals surface area contributed by atoms with Crippen LogP contribution in [-0.4, -0.2) is 17.5 Å². The number of hydrogen-bond donors (Lipinski definition) is 0. The molecule has 0 atom stereocenters. The van der Waals surface area contributed by atoms with Crippen LogP contribution in [-0.2, 0) is 19.1 Å². The van der Waals surface area contributed by atoms with Crippen molar-refractivity contribution in [3.63, 3.8) is 0 Å². The lowest BCUT2D eigenvalue weighted by Crippen LogP contribution is -2.26. The van der Waals surface area contributed by atoms with Crippen molar-refractivity contribution in [2.24, 2.45) is 0 Å². The average molecular weight is 226 g/mol. The van der Waals surface area contributed by atoms with E-state index >= 15 is 0 Å². The second-order valence-corrected chi connectivity index (χ2v) is 4.10. The van der Waals surface area contributed by atoms with Crippen LogP contribution in [0.4, 0.5) is 0 Å². The van der Waals surface area contributed by atoms with Crippen molar-refractivity contribution in [3.8, 4) is 0 Å². The molecule has 0 radical (unpaired) electrons. The van der Waals surface area contributed by atoms with Gasteiger partial charge in [-0.05, 0) is 33.3 Å². The van der Waals surface area contributed by atoms with E-state index in [2.05, 4.69) is 6.58 Å². The molecule has 0 aromatic rings. The van der Waals surface area contributed by atoms with Gasteiger partial charge >= 0.3 is 11.9 Å². The minimum atomic E-state index is -0.675. The smallest absolute Gasteiger partial charge is 0.374 e. The predicted octanol–water partition coefficient (Wildman–Crippen LogP) is 2.35. The SMILES string of the molecule is C=CC(=O)OC(=CCC)C(=O)OC(C)(C)C. The fourth-order valence-corrected chi connectivity index (χ4v) is 0.830. The largest absolute Gasteiger partial charge is 0.454 e. The summed E-state index contributed by atoms with van der Waals surface area (Å²) in [4.78, 5) is 22.6. The Balaban J connectivity index is 4.67. The van der Waals surface area contributed by atoms with Gasteiger partial charge in [0.15, 0.2) is 0 Å². The number of hydrogen-bond acceptors (Lipinski definition) is 4. The minimum Gasteiger partial charge on any atom is -0.454 e. The summed E-state index contributed by atoms with van der Waals surface area (Å²) in [7, 11) is 0. The molecule has 0 N–H and O–H groups in total. The van der Waals surface area contributed by atoms with Crippen molar-refractivity contribution in [1.82, 2.24) is 0 Å². The van der Waals surface area contributed by atoms with Crippen molar-refractivity contribution in [3.05, 3.63) is 24.5 Å². The van der Waals surface area contributed by atoms with Crippen molar-refractivity contribution in [2.75, 3.05) is 0 Å². The van der Waals surface area contributed by atoms with Gasteiger partial charge in [0.25, 0.3) is 0 Å². The standard InChI is InChI=1S/C12H18O4/c1-6-8-9(15-10(13)7-2)11(14)16-12(3,4)5/h7-8H,2,6H2,1,3-5H3. The van der Waals surface area contributed by atoms with Crippen LogP contribution in [0.3, 0.4) is 0 Å². The lowest BCUT2D eigenvalue weighted by Gasteiger charge is -2.20. The highest BCUT2D eigenvalue weighted by atomic mass is 16.6. The molecule has 0 fully saturated rings. The third-order valence-corrected chi connectivity index (χ3v) is 1.37. The molecular formula is C12H18O4. The summed E-state index contributed by atoms with van der Waals surface area (Å²) in [6.45, 7) is 10.3. The molecule has 0 aromatic carbocycles. The lowest BCUT2D eigenvalue weighted by atomic mass is 10.2. The van der Waals surface area contributed by atoms with Crippen LogP contribution in [0.1, 0.15) is 34.1 Å². The topological polar surface area (TPSA) is 52.6 Å². The Morgan fingerprint density at radius 2 is 1.88 bits per heavy atom. The summed E-state index contributed by atoms with van der Waals surface area (Å²) in [6, 6.07) is 0. The summed E-state index contributed by atoms with van der Waals surface area (Å²) in [5, 5.41) is 0. The third-order valence-electron chi connectivity index (χ3n) is 1.37. The van der Waals surface area contributed by atoms with Gasteiger partial charge in [0.1, 0.15) is 5.60 Å². The number of carbonyl (C=O) groups is 2. The van der Waals surface area contributed by atoms with E-state index in [-0.39, 0.29) is 5.76 Å². The predicted molar refractivity (Wildman–Crippen MR) is 60.5 cm³/mol. The first-order chi connectivity index (χ1) is 7.30. The quantitative estimate of drug-likeness (QED) is 0.419. The number of esters is 2. The van der Waals surface area contributed by atoms with Gasteiger partial charge in [0, 0.05) is 6.08 Å². The van der Waals surface area contributed by atoms with E-state index in [4.69, 9.17) is 9.47 Å². The van der Waals surface area contributed by atoms with Gasteiger partial charge in [-0.15, -0.1) is 0 Å². The Kier molecular flexibility index (Phi) is 5.50. The van der Waals surface area contributed by atoms with E-state index in [1.165, 1.54) is 6.08 Å². The van der Waals surface area contributed by atoms with Gasteiger partial charge in [-0.1, -0.05) is 13.5 Å². The van der Waals surface area contributed by atoms with Gasteiger partial charge in [-0.2, -0.15) is 0 Å². The van der Waals surface area contributed by atoms with E-state index in [1.807, 2.05) is 6.92 Å². The summed E-state index contributed by atoms with van der Waals surface area (Å²) in [5.74, 6) is -1.42. The Hall–Kier alpha value is -1.58. The van der Waals surface area contributed by atoms with E-state index < -0.39 is 17.5 Å². The molecule has 90 valence electrons. The monoisotopic (exact) mass is 226 g/mol. The van der Waals surface area contributed by atoms with Gasteiger partial charge in [0.2, 0.25) is 5.76 Å².